The number of ether oxygens (including phenoxy) is 2. The summed E-state index contributed by atoms with van der Waals surface area (Å²) >= 11 is 0. The normalized spacial score (nSPS) is 15.4. The molecule has 1 aliphatic heterocycles. The van der Waals surface area contributed by atoms with E-state index >= 15 is 0 Å². The third-order valence-corrected chi connectivity index (χ3v) is 4.98. The number of aromatic amines is 1. The Hall–Kier alpha value is -3.07. The fourth-order valence-electron chi connectivity index (χ4n) is 3.27. The first-order chi connectivity index (χ1) is 13.9. The summed E-state index contributed by atoms with van der Waals surface area (Å²) < 4.78 is 11.4. The van der Waals surface area contributed by atoms with Crippen molar-refractivity contribution in [2.24, 2.45) is 5.10 Å². The molecular weight excluding hydrogens is 374 g/mol. The number of likely N-dealkylation sites (N-methyl/N-ethyl adjacent to an activating group) is 1. The number of aromatic nitrogens is 2. The minimum Gasteiger partial charge on any atom is -0.497 e. The van der Waals surface area contributed by atoms with Gasteiger partial charge >= 0.3 is 5.97 Å². The highest BCUT2D eigenvalue weighted by Crippen LogP contribution is 2.15. The summed E-state index contributed by atoms with van der Waals surface area (Å²) in [5, 5.41) is 9.66. The van der Waals surface area contributed by atoms with E-state index in [-0.39, 0.29) is 12.0 Å². The molecule has 1 fully saturated rings. The molecule has 1 saturated heterocycles. The quantitative estimate of drug-likeness (QED) is 0.570. The van der Waals surface area contributed by atoms with Gasteiger partial charge in [0, 0.05) is 26.2 Å². The Morgan fingerprint density at radius 3 is 2.38 bits per heavy atom. The number of esters is 1. The third kappa shape index (κ3) is 4.68. The second-order valence-electron chi connectivity index (χ2n) is 7.00. The number of hydrazone groups is 1. The van der Waals surface area contributed by atoms with E-state index in [1.54, 1.807) is 38.3 Å². The van der Waals surface area contributed by atoms with E-state index < -0.39 is 5.97 Å². The van der Waals surface area contributed by atoms with Crippen LogP contribution in [0.1, 0.15) is 18.2 Å². The van der Waals surface area contributed by atoms with Gasteiger partial charge in [-0.2, -0.15) is 5.10 Å². The predicted octanol–water partition coefficient (Wildman–Crippen LogP) is 0.861. The van der Waals surface area contributed by atoms with E-state index in [1.807, 2.05) is 5.01 Å². The van der Waals surface area contributed by atoms with Gasteiger partial charge in [-0.3, -0.25) is 19.7 Å². The number of piperazine rings is 1. The predicted molar refractivity (Wildman–Crippen MR) is 110 cm³/mol. The average molecular weight is 401 g/mol. The Labute approximate surface area is 169 Å². The minimum atomic E-state index is -0.429. The van der Waals surface area contributed by atoms with Crippen molar-refractivity contribution in [2.45, 2.75) is 13.3 Å². The molecule has 3 rings (SSSR count). The van der Waals surface area contributed by atoms with Gasteiger partial charge in [0.05, 0.1) is 43.3 Å². The summed E-state index contributed by atoms with van der Waals surface area (Å²) in [5.74, 6) is 0.262. The molecule has 0 bridgehead atoms. The fraction of sp³-hybridized carbons (Fsp3) is 0.450. The number of carbonyl (C=O) groups is 1. The SMILES string of the molecule is COC(=O)Cc1[nH]n(-c2ccc(OC)cc2)c(=O)c1/C(C)=N/N1CCN(C)CC1. The summed E-state index contributed by atoms with van der Waals surface area (Å²) in [6.07, 6.45) is -0.0418. The van der Waals surface area contributed by atoms with Crippen molar-refractivity contribution in [2.75, 3.05) is 47.4 Å². The lowest BCUT2D eigenvalue weighted by Gasteiger charge is -2.30. The number of hydrogen-bond acceptors (Lipinski definition) is 7. The van der Waals surface area contributed by atoms with Crippen molar-refractivity contribution in [1.29, 1.82) is 0 Å². The zero-order chi connectivity index (χ0) is 21.0. The van der Waals surface area contributed by atoms with Gasteiger partial charge in [0.1, 0.15) is 5.75 Å². The van der Waals surface area contributed by atoms with Crippen LogP contribution in [-0.2, 0) is 16.0 Å². The molecule has 0 spiro atoms. The van der Waals surface area contributed by atoms with Gasteiger partial charge in [0.15, 0.2) is 0 Å². The number of methoxy groups -OCH3 is 2. The molecule has 9 nitrogen and oxygen atoms in total. The van der Waals surface area contributed by atoms with Gasteiger partial charge in [-0.1, -0.05) is 0 Å². The van der Waals surface area contributed by atoms with E-state index in [4.69, 9.17) is 9.47 Å². The molecule has 0 unspecified atom stereocenters. The molecule has 0 saturated carbocycles. The number of benzene rings is 1. The molecule has 0 aliphatic carbocycles. The van der Waals surface area contributed by atoms with Crippen LogP contribution in [-0.4, -0.2) is 78.8 Å². The van der Waals surface area contributed by atoms with E-state index in [0.717, 1.165) is 26.2 Å². The summed E-state index contributed by atoms with van der Waals surface area (Å²) in [6, 6.07) is 7.09. The van der Waals surface area contributed by atoms with Crippen molar-refractivity contribution < 1.29 is 14.3 Å². The van der Waals surface area contributed by atoms with Crippen LogP contribution in [0.3, 0.4) is 0 Å². The second kappa shape index (κ2) is 8.95. The van der Waals surface area contributed by atoms with E-state index in [1.165, 1.54) is 11.8 Å². The minimum absolute atomic E-state index is 0.0418. The molecule has 1 aromatic carbocycles. The molecule has 1 N–H and O–H groups in total. The van der Waals surface area contributed by atoms with Gasteiger partial charge in [0.25, 0.3) is 5.56 Å². The zero-order valence-corrected chi connectivity index (χ0v) is 17.3. The van der Waals surface area contributed by atoms with E-state index in [0.29, 0.717) is 28.4 Å². The lowest BCUT2D eigenvalue weighted by molar-refractivity contribution is -0.139. The molecule has 2 heterocycles. The zero-order valence-electron chi connectivity index (χ0n) is 17.3. The first kappa shape index (κ1) is 20.7. The van der Waals surface area contributed by atoms with Crippen LogP contribution >= 0.6 is 0 Å². The van der Waals surface area contributed by atoms with Crippen molar-refractivity contribution in [3.8, 4) is 11.4 Å². The molecule has 1 aromatic heterocycles. The number of rotatable bonds is 6. The monoisotopic (exact) mass is 401 g/mol. The van der Waals surface area contributed by atoms with Crippen LogP contribution in [0.2, 0.25) is 0 Å². The van der Waals surface area contributed by atoms with Crippen LogP contribution in [0.15, 0.2) is 34.2 Å². The Bertz CT molecular complexity index is 937. The first-order valence-corrected chi connectivity index (χ1v) is 9.47. The number of carbonyl (C=O) groups excluding carboxylic acids is 1. The molecule has 156 valence electrons. The van der Waals surface area contributed by atoms with Gasteiger partial charge in [-0.05, 0) is 38.2 Å². The van der Waals surface area contributed by atoms with Gasteiger partial charge in [-0.25, -0.2) is 4.68 Å². The number of nitrogens with one attached hydrogen (secondary N) is 1. The Balaban J connectivity index is 2.00. The largest absolute Gasteiger partial charge is 0.497 e. The maximum atomic E-state index is 13.2. The maximum absolute atomic E-state index is 13.2. The molecular formula is C20H27N5O4. The standard InChI is InChI=1S/C20H27N5O4/c1-14(21-24-11-9-23(2)10-12-24)19-17(13-18(26)29-4)22-25(20(19)27)15-5-7-16(28-3)8-6-15/h5-8,22H,9-13H2,1-4H3/b21-14+. The average Bonchev–Trinajstić information content (AvgIpc) is 3.05. The molecule has 0 amide bonds. The van der Waals surface area contributed by atoms with Crippen molar-refractivity contribution in [1.82, 2.24) is 19.7 Å². The smallest absolute Gasteiger partial charge is 0.311 e. The molecule has 9 heteroatoms. The highest BCUT2D eigenvalue weighted by Gasteiger charge is 2.22. The van der Waals surface area contributed by atoms with Crippen LogP contribution in [0.4, 0.5) is 0 Å². The second-order valence-corrected chi connectivity index (χ2v) is 7.00. The van der Waals surface area contributed by atoms with Crippen LogP contribution in [0.25, 0.3) is 5.69 Å². The lowest BCUT2D eigenvalue weighted by Crippen LogP contribution is -2.42. The van der Waals surface area contributed by atoms with Crippen LogP contribution in [0.5, 0.6) is 5.75 Å². The Kier molecular flexibility index (Phi) is 6.38. The highest BCUT2D eigenvalue weighted by atomic mass is 16.5. The molecule has 0 atom stereocenters. The lowest BCUT2D eigenvalue weighted by atomic mass is 10.1. The summed E-state index contributed by atoms with van der Waals surface area (Å²) in [5.41, 5.74) is 1.82. The van der Waals surface area contributed by atoms with Gasteiger partial charge < -0.3 is 14.4 Å². The van der Waals surface area contributed by atoms with Crippen molar-refractivity contribution in [3.05, 3.63) is 45.9 Å². The summed E-state index contributed by atoms with van der Waals surface area (Å²) in [6.45, 7) is 5.20. The van der Waals surface area contributed by atoms with Gasteiger partial charge in [-0.15, -0.1) is 0 Å². The first-order valence-electron chi connectivity index (χ1n) is 9.47. The number of hydrogen-bond donors (Lipinski definition) is 1. The number of nitrogens with zero attached hydrogens (tertiary/aromatic N) is 4. The topological polar surface area (TPSA) is 92.2 Å². The fourth-order valence-corrected chi connectivity index (χ4v) is 3.27. The van der Waals surface area contributed by atoms with E-state index in [9.17, 15) is 9.59 Å². The van der Waals surface area contributed by atoms with Gasteiger partial charge in [0.2, 0.25) is 0 Å². The summed E-state index contributed by atoms with van der Waals surface area (Å²) in [4.78, 5) is 27.3. The molecule has 1 aliphatic rings. The van der Waals surface area contributed by atoms with Crippen LogP contribution < -0.4 is 10.3 Å². The Morgan fingerprint density at radius 2 is 1.79 bits per heavy atom. The molecule has 2 aromatic rings. The van der Waals surface area contributed by atoms with Crippen molar-refractivity contribution in [3.63, 3.8) is 0 Å². The summed E-state index contributed by atoms with van der Waals surface area (Å²) in [7, 11) is 4.98. The molecule has 29 heavy (non-hydrogen) atoms. The van der Waals surface area contributed by atoms with Crippen molar-refractivity contribution >= 4 is 11.7 Å². The molecule has 0 radical (unpaired) electrons. The third-order valence-electron chi connectivity index (χ3n) is 4.98. The maximum Gasteiger partial charge on any atom is 0.311 e. The Morgan fingerprint density at radius 1 is 1.14 bits per heavy atom. The number of H-pyrrole nitrogens is 1. The van der Waals surface area contributed by atoms with Crippen LogP contribution in [0, 0.1) is 0 Å². The van der Waals surface area contributed by atoms with E-state index in [2.05, 4.69) is 22.1 Å². The highest BCUT2D eigenvalue weighted by molar-refractivity contribution is 6.00.